The Morgan fingerprint density at radius 3 is 2.67 bits per heavy atom. The maximum atomic E-state index is 5.51. The Labute approximate surface area is 88.7 Å². The van der Waals surface area contributed by atoms with E-state index in [0.29, 0.717) is 18.4 Å². The lowest BCUT2D eigenvalue weighted by Crippen LogP contribution is -1.90. The van der Waals surface area contributed by atoms with Gasteiger partial charge >= 0.3 is 5.95 Å². The minimum atomic E-state index is 0.511. The molecule has 2 aromatic rings. The quantitative estimate of drug-likeness (QED) is 0.769. The number of aryl methyl sites for hydroxylation is 1. The molecular weight excluding hydrogens is 190 g/mol. The van der Waals surface area contributed by atoms with Crippen molar-refractivity contribution < 1.29 is 9.15 Å². The molecule has 15 heavy (non-hydrogen) atoms. The van der Waals surface area contributed by atoms with Gasteiger partial charge in [0.2, 0.25) is 5.89 Å². The van der Waals surface area contributed by atoms with Gasteiger partial charge < -0.3 is 9.15 Å². The van der Waals surface area contributed by atoms with Crippen molar-refractivity contribution in [1.29, 1.82) is 0 Å². The molecule has 1 heterocycles. The van der Waals surface area contributed by atoms with Gasteiger partial charge in [-0.25, -0.2) is 4.98 Å². The Kier molecular flexibility index (Phi) is 2.72. The zero-order chi connectivity index (χ0) is 10.7. The highest BCUT2D eigenvalue weighted by Crippen LogP contribution is 2.26. The van der Waals surface area contributed by atoms with Crippen LogP contribution in [0.2, 0.25) is 0 Å². The molecule has 3 heteroatoms. The lowest BCUT2D eigenvalue weighted by molar-refractivity contribution is 0.258. The molecule has 0 saturated heterocycles. The summed E-state index contributed by atoms with van der Waals surface area (Å²) in [7, 11) is 0. The lowest BCUT2D eigenvalue weighted by atomic mass is 10.2. The van der Waals surface area contributed by atoms with E-state index in [2.05, 4.69) is 4.98 Å². The van der Waals surface area contributed by atoms with Gasteiger partial charge in [-0.15, -0.1) is 0 Å². The summed E-state index contributed by atoms with van der Waals surface area (Å²) in [5.74, 6) is 1.12. The third-order valence-corrected chi connectivity index (χ3v) is 2.05. The number of ether oxygens (including phenoxy) is 1. The summed E-state index contributed by atoms with van der Waals surface area (Å²) in [6, 6.07) is 9.79. The largest absolute Gasteiger partial charge is 0.464 e. The molecule has 0 amide bonds. The molecule has 0 fully saturated rings. The minimum absolute atomic E-state index is 0.511. The Hall–Kier alpha value is -1.77. The molecule has 0 bridgehead atoms. The van der Waals surface area contributed by atoms with Gasteiger partial charge in [-0.2, -0.15) is 0 Å². The highest BCUT2D eigenvalue weighted by atomic mass is 16.6. The molecule has 0 aliphatic rings. The second-order valence-corrected chi connectivity index (χ2v) is 3.19. The molecule has 0 unspecified atom stereocenters. The summed E-state index contributed by atoms with van der Waals surface area (Å²) in [5.41, 5.74) is 1.75. The molecule has 0 radical (unpaired) electrons. The van der Waals surface area contributed by atoms with Gasteiger partial charge in [0.15, 0.2) is 0 Å². The first-order valence-electron chi connectivity index (χ1n) is 4.97. The highest BCUT2D eigenvalue weighted by molar-refractivity contribution is 5.53. The van der Waals surface area contributed by atoms with Crippen LogP contribution in [0.3, 0.4) is 0 Å². The zero-order valence-electron chi connectivity index (χ0n) is 8.86. The van der Waals surface area contributed by atoms with Crippen LogP contribution in [0.5, 0.6) is 5.95 Å². The molecule has 0 aliphatic heterocycles. The van der Waals surface area contributed by atoms with Crippen molar-refractivity contribution >= 4 is 0 Å². The normalized spacial score (nSPS) is 10.3. The van der Waals surface area contributed by atoms with Crippen molar-refractivity contribution in [2.75, 3.05) is 6.61 Å². The molecule has 0 saturated carbocycles. The third kappa shape index (κ3) is 2.01. The smallest absolute Gasteiger partial charge is 0.308 e. The number of oxazole rings is 1. The van der Waals surface area contributed by atoms with Crippen molar-refractivity contribution in [2.45, 2.75) is 13.8 Å². The van der Waals surface area contributed by atoms with Crippen LogP contribution in [0.1, 0.15) is 12.6 Å². The van der Waals surface area contributed by atoms with Gasteiger partial charge in [-0.3, -0.25) is 0 Å². The van der Waals surface area contributed by atoms with E-state index in [4.69, 9.17) is 9.15 Å². The average Bonchev–Trinajstić information content (AvgIpc) is 2.63. The topological polar surface area (TPSA) is 35.3 Å². The highest BCUT2D eigenvalue weighted by Gasteiger charge is 2.11. The predicted octanol–water partition coefficient (Wildman–Crippen LogP) is 3.05. The number of benzene rings is 1. The second kappa shape index (κ2) is 4.17. The van der Waals surface area contributed by atoms with Crippen molar-refractivity contribution in [1.82, 2.24) is 4.98 Å². The molecule has 78 valence electrons. The van der Waals surface area contributed by atoms with Crippen molar-refractivity contribution in [3.8, 4) is 17.4 Å². The minimum Gasteiger partial charge on any atom is -0.464 e. The van der Waals surface area contributed by atoms with E-state index in [1.807, 2.05) is 44.2 Å². The maximum absolute atomic E-state index is 5.51. The first-order chi connectivity index (χ1) is 7.31. The van der Waals surface area contributed by atoms with E-state index in [9.17, 15) is 0 Å². The first kappa shape index (κ1) is 9.77. The molecule has 0 atom stereocenters. The summed E-state index contributed by atoms with van der Waals surface area (Å²) >= 11 is 0. The molecule has 1 aromatic heterocycles. The monoisotopic (exact) mass is 203 g/mol. The fourth-order valence-electron chi connectivity index (χ4n) is 1.35. The van der Waals surface area contributed by atoms with Gasteiger partial charge in [0.25, 0.3) is 0 Å². The van der Waals surface area contributed by atoms with Crippen molar-refractivity contribution in [2.24, 2.45) is 0 Å². The zero-order valence-corrected chi connectivity index (χ0v) is 8.86. The molecule has 3 nitrogen and oxygen atoms in total. The van der Waals surface area contributed by atoms with Crippen molar-refractivity contribution in [3.05, 3.63) is 36.0 Å². The summed E-state index contributed by atoms with van der Waals surface area (Å²) in [6.07, 6.45) is 0. The lowest BCUT2D eigenvalue weighted by Gasteiger charge is -1.96. The number of nitrogens with zero attached hydrogens (tertiary/aromatic N) is 1. The Morgan fingerprint density at radius 1 is 1.27 bits per heavy atom. The summed E-state index contributed by atoms with van der Waals surface area (Å²) in [5, 5.41) is 0. The Bertz CT molecular complexity index is 434. The molecular formula is C12H13NO2. The number of hydrogen-bond acceptors (Lipinski definition) is 3. The van der Waals surface area contributed by atoms with Gasteiger partial charge in [-0.05, 0) is 26.0 Å². The van der Waals surface area contributed by atoms with E-state index in [1.165, 1.54) is 0 Å². The molecule has 0 aliphatic carbocycles. The molecule has 1 aromatic carbocycles. The summed E-state index contributed by atoms with van der Waals surface area (Å²) in [6.45, 7) is 4.38. The van der Waals surface area contributed by atoms with Crippen LogP contribution in [0.25, 0.3) is 11.5 Å². The fraction of sp³-hybridized carbons (Fsp3) is 0.250. The van der Waals surface area contributed by atoms with Gasteiger partial charge in [0.05, 0.1) is 6.61 Å². The van der Waals surface area contributed by atoms with Crippen molar-refractivity contribution in [3.63, 3.8) is 0 Å². The molecule has 0 spiro atoms. The van der Waals surface area contributed by atoms with Gasteiger partial charge in [0, 0.05) is 5.56 Å². The number of aromatic nitrogens is 1. The SMILES string of the molecule is CCOc1oc(-c2ccccc2)nc1C. The van der Waals surface area contributed by atoms with E-state index in [0.717, 1.165) is 11.3 Å². The van der Waals surface area contributed by atoms with Gasteiger partial charge in [-0.1, -0.05) is 18.2 Å². The maximum Gasteiger partial charge on any atom is 0.308 e. The van der Waals surface area contributed by atoms with Crippen LogP contribution >= 0.6 is 0 Å². The summed E-state index contributed by atoms with van der Waals surface area (Å²) in [4.78, 5) is 4.31. The second-order valence-electron chi connectivity index (χ2n) is 3.19. The number of rotatable bonds is 3. The van der Waals surface area contributed by atoms with Gasteiger partial charge in [0.1, 0.15) is 5.69 Å². The predicted molar refractivity (Wildman–Crippen MR) is 57.8 cm³/mol. The van der Waals surface area contributed by atoms with Crippen LogP contribution in [0.4, 0.5) is 0 Å². The number of hydrogen-bond donors (Lipinski definition) is 0. The third-order valence-electron chi connectivity index (χ3n) is 2.05. The van der Waals surface area contributed by atoms with Crippen LogP contribution in [0.15, 0.2) is 34.7 Å². The van der Waals surface area contributed by atoms with E-state index < -0.39 is 0 Å². The van der Waals surface area contributed by atoms with E-state index in [1.54, 1.807) is 0 Å². The van der Waals surface area contributed by atoms with Crippen LogP contribution in [-0.4, -0.2) is 11.6 Å². The first-order valence-corrected chi connectivity index (χ1v) is 4.97. The van der Waals surface area contributed by atoms with Crippen LogP contribution in [-0.2, 0) is 0 Å². The molecule has 0 N–H and O–H groups in total. The molecule has 2 rings (SSSR count). The Morgan fingerprint density at radius 2 is 2.00 bits per heavy atom. The van der Waals surface area contributed by atoms with Crippen LogP contribution in [0, 0.1) is 6.92 Å². The van der Waals surface area contributed by atoms with E-state index in [-0.39, 0.29) is 0 Å². The van der Waals surface area contributed by atoms with Crippen LogP contribution < -0.4 is 4.74 Å². The Balaban J connectivity index is 2.34. The summed E-state index contributed by atoms with van der Waals surface area (Å²) < 4.78 is 10.8. The fourth-order valence-corrected chi connectivity index (χ4v) is 1.35. The average molecular weight is 203 g/mol. The standard InChI is InChI=1S/C12H13NO2/c1-3-14-12-9(2)13-11(15-12)10-7-5-4-6-8-10/h4-8H,3H2,1-2H3. The van der Waals surface area contributed by atoms with E-state index >= 15 is 0 Å².